The number of esters is 2. The van der Waals surface area contributed by atoms with Gasteiger partial charge in [-0.3, -0.25) is 24.2 Å². The van der Waals surface area contributed by atoms with Crippen molar-refractivity contribution in [3.63, 3.8) is 0 Å². The summed E-state index contributed by atoms with van der Waals surface area (Å²) in [4.78, 5) is 55.6. The molecule has 0 aromatic heterocycles. The fourth-order valence-electron chi connectivity index (χ4n) is 5.26. The van der Waals surface area contributed by atoms with Crippen molar-refractivity contribution in [1.82, 2.24) is 16.0 Å². The molecule has 0 heterocycles. The molecule has 2 aromatic rings. The zero-order valence-corrected chi connectivity index (χ0v) is 38.2. The number of hydrogen-bond acceptors (Lipinski definition) is 12. The average Bonchev–Trinajstić information content (AvgIpc) is 3.27. The Balaban J connectivity index is 1.50. The number of aliphatic imine (C=N–C) groups is 1. The highest BCUT2D eigenvalue weighted by Gasteiger charge is 2.08. The first-order chi connectivity index (χ1) is 29.6. The highest BCUT2D eigenvalue weighted by atomic mass is 33.1. The van der Waals surface area contributed by atoms with Gasteiger partial charge in [0.1, 0.15) is 13.1 Å². The van der Waals surface area contributed by atoms with E-state index in [1.807, 2.05) is 147 Å². The Bertz CT molecular complexity index is 1840. The second-order valence-electron chi connectivity index (χ2n) is 13.6. The lowest BCUT2D eigenvalue weighted by Crippen LogP contribution is -2.26. The summed E-state index contributed by atoms with van der Waals surface area (Å²) in [5.41, 5.74) is 5.99. The van der Waals surface area contributed by atoms with E-state index in [2.05, 4.69) is 20.9 Å². The average molecular weight is 873 g/mol. The van der Waals surface area contributed by atoms with Gasteiger partial charge in [-0.1, -0.05) is 88.4 Å². The number of anilines is 2. The van der Waals surface area contributed by atoms with Crippen molar-refractivity contribution >= 4 is 75.1 Å². The van der Waals surface area contributed by atoms with Crippen LogP contribution in [0.15, 0.2) is 113 Å². The number of amides is 2. The molecule has 2 aromatic carbocycles. The van der Waals surface area contributed by atoms with E-state index in [4.69, 9.17) is 9.47 Å². The quantitative estimate of drug-likeness (QED) is 0.0247. The topological polar surface area (TPSA) is 142 Å². The molecular formula is C47H64N6O6S2. The standard InChI is InChI=1S/C47H64N6O6S2/c1-7-11-39(16-17-41-20-24-43(25-21-41)53(4)37-47(57)59-6)27-31-49-29-10-13-45(55)51-33-35-61-60-34-32-50-44(54)12-9-28-48-30-26-38(8-2)14-15-40-18-22-42(23-19-40)52(3)36-46(56)58-5/h7-8,11,14-27,30-31,48H,9-10,12-13,28-29,32-37H2,1-6H3,(H,50,54)(H,51,55)/b11-7-,15-14+,17-16+,30-26-,38-8-,39-27+,49-31+. The highest BCUT2D eigenvalue weighted by Crippen LogP contribution is 2.20. The summed E-state index contributed by atoms with van der Waals surface area (Å²) in [6.45, 7) is 6.80. The molecule has 12 nitrogen and oxygen atoms in total. The Morgan fingerprint density at radius 1 is 0.672 bits per heavy atom. The number of allylic oxidation sites excluding steroid dienone is 9. The number of nitrogens with one attached hydrogen (secondary N) is 3. The van der Waals surface area contributed by atoms with Gasteiger partial charge in [0.05, 0.1) is 14.2 Å². The number of ether oxygens (including phenoxy) is 2. The first kappa shape index (κ1) is 51.7. The molecule has 0 atom stereocenters. The minimum Gasteiger partial charge on any atom is -0.468 e. The van der Waals surface area contributed by atoms with E-state index < -0.39 is 0 Å². The van der Waals surface area contributed by atoms with Crippen LogP contribution in [0.5, 0.6) is 0 Å². The smallest absolute Gasteiger partial charge is 0.325 e. The fourth-order valence-corrected chi connectivity index (χ4v) is 7.08. The second kappa shape index (κ2) is 32.3. The molecule has 330 valence electrons. The Morgan fingerprint density at radius 3 is 1.67 bits per heavy atom. The molecule has 0 aliphatic rings. The van der Waals surface area contributed by atoms with Crippen LogP contribution in [-0.4, -0.2) is 109 Å². The van der Waals surface area contributed by atoms with Crippen molar-refractivity contribution in [2.75, 3.05) is 88.9 Å². The zero-order valence-electron chi connectivity index (χ0n) is 36.6. The molecule has 0 bridgehead atoms. The van der Waals surface area contributed by atoms with Gasteiger partial charge in [-0.2, -0.15) is 0 Å². The molecule has 14 heteroatoms. The lowest BCUT2D eigenvalue weighted by molar-refractivity contribution is -0.139. The highest BCUT2D eigenvalue weighted by molar-refractivity contribution is 8.76. The maximum atomic E-state index is 12.2. The van der Waals surface area contributed by atoms with Crippen molar-refractivity contribution < 1.29 is 28.7 Å². The summed E-state index contributed by atoms with van der Waals surface area (Å²) in [7, 11) is 9.83. The molecule has 0 saturated carbocycles. The van der Waals surface area contributed by atoms with Gasteiger partial charge in [-0.15, -0.1) is 0 Å². The van der Waals surface area contributed by atoms with E-state index in [-0.39, 0.29) is 36.8 Å². The van der Waals surface area contributed by atoms with Crippen molar-refractivity contribution in [2.45, 2.75) is 39.5 Å². The van der Waals surface area contributed by atoms with Crippen LogP contribution in [0, 0.1) is 0 Å². The van der Waals surface area contributed by atoms with Crippen LogP contribution < -0.4 is 25.8 Å². The summed E-state index contributed by atoms with van der Waals surface area (Å²) in [6, 6.07) is 15.9. The van der Waals surface area contributed by atoms with Gasteiger partial charge < -0.3 is 35.2 Å². The van der Waals surface area contributed by atoms with Crippen LogP contribution in [0.25, 0.3) is 12.2 Å². The third kappa shape index (κ3) is 24.4. The molecule has 0 spiro atoms. The van der Waals surface area contributed by atoms with Crippen LogP contribution in [-0.2, 0) is 28.7 Å². The van der Waals surface area contributed by atoms with E-state index in [0.29, 0.717) is 45.4 Å². The Hall–Kier alpha value is -5.47. The van der Waals surface area contributed by atoms with Crippen LogP contribution >= 0.6 is 21.6 Å². The van der Waals surface area contributed by atoms with Gasteiger partial charge in [-0.25, -0.2) is 0 Å². The van der Waals surface area contributed by atoms with E-state index in [1.54, 1.807) is 27.8 Å². The molecule has 3 N–H and O–H groups in total. The lowest BCUT2D eigenvalue weighted by Gasteiger charge is -2.17. The number of carbonyl (C=O) groups is 4. The molecule has 2 rings (SSSR count). The predicted octanol–water partition coefficient (Wildman–Crippen LogP) is 7.43. The Kier molecular flexibility index (Phi) is 27.4. The summed E-state index contributed by atoms with van der Waals surface area (Å²) in [6.07, 6.45) is 24.0. The summed E-state index contributed by atoms with van der Waals surface area (Å²) >= 11 is 0. The third-order valence-electron chi connectivity index (χ3n) is 8.77. The van der Waals surface area contributed by atoms with Crippen molar-refractivity contribution in [2.24, 2.45) is 4.99 Å². The number of carbonyl (C=O) groups excluding carboxylic acids is 4. The van der Waals surface area contributed by atoms with E-state index in [9.17, 15) is 19.2 Å². The fraction of sp³-hybridized carbons (Fsp3) is 0.383. The zero-order chi connectivity index (χ0) is 44.5. The van der Waals surface area contributed by atoms with Crippen LogP contribution in [0.4, 0.5) is 11.4 Å². The molecule has 61 heavy (non-hydrogen) atoms. The Labute approximate surface area is 371 Å². The lowest BCUT2D eigenvalue weighted by atomic mass is 10.1. The number of rotatable bonds is 29. The second-order valence-corrected chi connectivity index (χ2v) is 16.3. The van der Waals surface area contributed by atoms with Gasteiger partial charge in [-0.05, 0) is 91.6 Å². The molecule has 0 fully saturated rings. The van der Waals surface area contributed by atoms with Gasteiger partial charge in [0.15, 0.2) is 0 Å². The molecule has 2 amide bonds. The van der Waals surface area contributed by atoms with Crippen LogP contribution in [0.3, 0.4) is 0 Å². The van der Waals surface area contributed by atoms with Crippen molar-refractivity contribution in [3.8, 4) is 0 Å². The van der Waals surface area contributed by atoms with Crippen molar-refractivity contribution in [3.05, 3.63) is 120 Å². The third-order valence-corrected chi connectivity index (χ3v) is 11.2. The normalized spacial score (nSPS) is 12.2. The molecule has 0 aliphatic carbocycles. The van der Waals surface area contributed by atoms with Gasteiger partial charge in [0.25, 0.3) is 0 Å². The SMILES string of the molecule is C\C=C/C(/C=C/c1ccc(N(C)CC(=O)OC)cc1)=C\C=N\CCCC(=O)NCCSSCCNC(=O)CCCN\C=C/C(=C\C)/C=C/c1ccc(N(C)CC(=O)OC)cc1. The summed E-state index contributed by atoms with van der Waals surface area (Å²) in [5, 5.41) is 9.19. The Morgan fingerprint density at radius 2 is 1.18 bits per heavy atom. The largest absolute Gasteiger partial charge is 0.468 e. The minimum absolute atomic E-state index is 0.0227. The van der Waals surface area contributed by atoms with Crippen molar-refractivity contribution in [1.29, 1.82) is 0 Å². The minimum atomic E-state index is -0.285. The first-order valence-corrected chi connectivity index (χ1v) is 22.9. The number of likely N-dealkylation sites (N-methyl/N-ethyl adjacent to an activating group) is 2. The number of nitrogens with zero attached hydrogens (tertiary/aromatic N) is 3. The van der Waals surface area contributed by atoms with Gasteiger partial charge in [0.2, 0.25) is 11.8 Å². The molecular weight excluding hydrogens is 809 g/mol. The van der Waals surface area contributed by atoms with Crippen LogP contribution in [0.1, 0.15) is 50.7 Å². The van der Waals surface area contributed by atoms with E-state index in [0.717, 1.165) is 51.6 Å². The van der Waals surface area contributed by atoms with E-state index >= 15 is 0 Å². The summed E-state index contributed by atoms with van der Waals surface area (Å²) < 4.78 is 9.47. The molecule has 0 aliphatic heterocycles. The number of hydrogen-bond donors (Lipinski definition) is 3. The van der Waals surface area contributed by atoms with Crippen LogP contribution in [0.2, 0.25) is 0 Å². The molecule has 0 unspecified atom stereocenters. The summed E-state index contributed by atoms with van der Waals surface area (Å²) in [5.74, 6) is 1.09. The maximum Gasteiger partial charge on any atom is 0.325 e. The maximum absolute atomic E-state index is 12.2. The number of methoxy groups -OCH3 is 2. The molecule has 0 radical (unpaired) electrons. The van der Waals surface area contributed by atoms with E-state index in [1.165, 1.54) is 14.2 Å². The molecule has 0 saturated heterocycles. The monoisotopic (exact) mass is 872 g/mol. The number of benzene rings is 2. The first-order valence-electron chi connectivity index (χ1n) is 20.4. The van der Waals surface area contributed by atoms with Gasteiger partial charge in [0, 0.05) is 82.2 Å². The van der Waals surface area contributed by atoms with Gasteiger partial charge >= 0.3 is 11.9 Å². The predicted molar refractivity (Wildman–Crippen MR) is 258 cm³/mol.